The van der Waals surface area contributed by atoms with Gasteiger partial charge in [0.1, 0.15) is 0 Å². The first-order valence-corrected chi connectivity index (χ1v) is 9.28. The molecule has 25 heavy (non-hydrogen) atoms. The smallest absolute Gasteiger partial charge is 0.0166 e. The van der Waals surface area contributed by atoms with Gasteiger partial charge in [-0.2, -0.15) is 0 Å². The zero-order valence-electron chi connectivity index (χ0n) is 14.7. The van der Waals surface area contributed by atoms with Crippen LogP contribution in [0.5, 0.6) is 0 Å². The molecule has 3 aromatic carbocycles. The van der Waals surface area contributed by atoms with Gasteiger partial charge in [-0.25, -0.2) is 0 Å². The Labute approximate surface area is 155 Å². The zero-order chi connectivity index (χ0) is 17.5. The molecule has 0 aliphatic heterocycles. The Morgan fingerprint density at radius 1 is 0.720 bits per heavy atom. The van der Waals surface area contributed by atoms with E-state index < -0.39 is 0 Å². The minimum atomic E-state index is 0.921. The van der Waals surface area contributed by atoms with Gasteiger partial charge in [0.25, 0.3) is 0 Å². The van der Waals surface area contributed by atoms with Gasteiger partial charge in [-0.05, 0) is 55.1 Å². The molecule has 0 saturated carbocycles. The van der Waals surface area contributed by atoms with Crippen molar-refractivity contribution in [3.05, 3.63) is 102 Å². The fourth-order valence-electron chi connectivity index (χ4n) is 2.62. The SMILES string of the molecule is CN(C)CC=C(c1ccccc1)c1ccc(Sc2ccccc2)cc1. The molecule has 0 bridgehead atoms. The maximum absolute atomic E-state index is 2.30. The summed E-state index contributed by atoms with van der Waals surface area (Å²) in [5.41, 5.74) is 3.80. The van der Waals surface area contributed by atoms with Crippen LogP contribution in [0.15, 0.2) is 101 Å². The third-order valence-corrected chi connectivity index (χ3v) is 4.91. The normalized spacial score (nSPS) is 11.7. The highest BCUT2D eigenvalue weighted by Gasteiger charge is 2.06. The molecule has 126 valence electrons. The summed E-state index contributed by atoms with van der Waals surface area (Å²) in [6, 6.07) is 30.0. The van der Waals surface area contributed by atoms with Gasteiger partial charge in [-0.1, -0.05) is 78.5 Å². The summed E-state index contributed by atoms with van der Waals surface area (Å²) in [6.45, 7) is 0.921. The summed E-state index contributed by atoms with van der Waals surface area (Å²) in [7, 11) is 4.19. The Morgan fingerprint density at radius 3 is 1.84 bits per heavy atom. The molecule has 0 unspecified atom stereocenters. The van der Waals surface area contributed by atoms with E-state index in [0.717, 1.165) is 6.54 Å². The first-order valence-electron chi connectivity index (χ1n) is 8.46. The van der Waals surface area contributed by atoms with Crippen LogP contribution in [-0.2, 0) is 0 Å². The van der Waals surface area contributed by atoms with Crippen molar-refractivity contribution in [2.45, 2.75) is 9.79 Å². The highest BCUT2D eigenvalue weighted by atomic mass is 32.2. The second kappa shape index (κ2) is 8.70. The summed E-state index contributed by atoms with van der Waals surface area (Å²) in [4.78, 5) is 4.71. The molecule has 1 nitrogen and oxygen atoms in total. The van der Waals surface area contributed by atoms with Crippen LogP contribution in [0.4, 0.5) is 0 Å². The molecule has 3 aromatic rings. The Balaban J connectivity index is 1.85. The predicted molar refractivity (Wildman–Crippen MR) is 109 cm³/mol. The van der Waals surface area contributed by atoms with E-state index in [1.807, 2.05) is 0 Å². The van der Waals surface area contributed by atoms with E-state index in [9.17, 15) is 0 Å². The lowest BCUT2D eigenvalue weighted by molar-refractivity contribution is 0.457. The lowest BCUT2D eigenvalue weighted by atomic mass is 9.97. The lowest BCUT2D eigenvalue weighted by Crippen LogP contribution is -2.11. The van der Waals surface area contributed by atoms with Gasteiger partial charge in [0, 0.05) is 16.3 Å². The Kier molecular flexibility index (Phi) is 6.10. The van der Waals surface area contributed by atoms with Crippen molar-refractivity contribution in [3.63, 3.8) is 0 Å². The maximum atomic E-state index is 2.30. The lowest BCUT2D eigenvalue weighted by Gasteiger charge is -2.12. The molecule has 0 radical (unpaired) electrons. The predicted octanol–water partition coefficient (Wildman–Crippen LogP) is 5.83. The number of hydrogen-bond donors (Lipinski definition) is 0. The van der Waals surface area contributed by atoms with E-state index in [0.29, 0.717) is 0 Å². The van der Waals surface area contributed by atoms with Crippen molar-refractivity contribution in [2.24, 2.45) is 0 Å². The average molecular weight is 346 g/mol. The second-order valence-electron chi connectivity index (χ2n) is 6.19. The van der Waals surface area contributed by atoms with Crippen LogP contribution in [0.1, 0.15) is 11.1 Å². The summed E-state index contributed by atoms with van der Waals surface area (Å²) >= 11 is 1.79. The zero-order valence-corrected chi connectivity index (χ0v) is 15.5. The van der Waals surface area contributed by atoms with Gasteiger partial charge >= 0.3 is 0 Å². The van der Waals surface area contributed by atoms with Gasteiger partial charge in [-0.15, -0.1) is 0 Å². The van der Waals surface area contributed by atoms with E-state index in [1.165, 1.54) is 26.5 Å². The Morgan fingerprint density at radius 2 is 1.24 bits per heavy atom. The molecule has 0 spiro atoms. The van der Waals surface area contributed by atoms with Crippen LogP contribution >= 0.6 is 11.8 Å². The van der Waals surface area contributed by atoms with E-state index in [4.69, 9.17) is 0 Å². The first-order chi connectivity index (χ1) is 12.2. The van der Waals surface area contributed by atoms with Gasteiger partial charge in [0.05, 0.1) is 0 Å². The number of nitrogens with zero attached hydrogens (tertiary/aromatic N) is 1. The van der Waals surface area contributed by atoms with Gasteiger partial charge in [0.2, 0.25) is 0 Å². The van der Waals surface area contributed by atoms with Gasteiger partial charge < -0.3 is 4.90 Å². The standard InChI is InChI=1S/C23H23NS/c1-24(2)18-17-23(19-9-5-3-6-10-19)20-13-15-22(16-14-20)25-21-11-7-4-8-12-21/h3-17H,18H2,1-2H3. The molecule has 0 aliphatic carbocycles. The summed E-state index contributed by atoms with van der Waals surface area (Å²) < 4.78 is 0. The van der Waals surface area contributed by atoms with E-state index in [-0.39, 0.29) is 0 Å². The highest BCUT2D eigenvalue weighted by molar-refractivity contribution is 7.99. The summed E-state index contributed by atoms with van der Waals surface area (Å²) in [5, 5.41) is 0. The molecule has 0 atom stereocenters. The summed E-state index contributed by atoms with van der Waals surface area (Å²) in [6.07, 6.45) is 2.30. The Bertz CT molecular complexity index is 806. The molecule has 0 aromatic heterocycles. The largest absolute Gasteiger partial charge is 0.306 e. The molecule has 2 heteroatoms. The maximum Gasteiger partial charge on any atom is 0.0166 e. The third kappa shape index (κ3) is 5.09. The minimum absolute atomic E-state index is 0.921. The fraction of sp³-hybridized carbons (Fsp3) is 0.130. The van der Waals surface area contributed by atoms with Crippen molar-refractivity contribution in [2.75, 3.05) is 20.6 Å². The number of rotatable bonds is 6. The average Bonchev–Trinajstić information content (AvgIpc) is 2.65. The third-order valence-electron chi connectivity index (χ3n) is 3.89. The van der Waals surface area contributed by atoms with E-state index >= 15 is 0 Å². The topological polar surface area (TPSA) is 3.24 Å². The van der Waals surface area contributed by atoms with Crippen molar-refractivity contribution in [1.82, 2.24) is 4.90 Å². The minimum Gasteiger partial charge on any atom is -0.306 e. The van der Waals surface area contributed by atoms with Crippen LogP contribution in [0, 0.1) is 0 Å². The fourth-order valence-corrected chi connectivity index (χ4v) is 3.46. The molecule has 0 saturated heterocycles. The quantitative estimate of drug-likeness (QED) is 0.553. The molecule has 0 N–H and O–H groups in total. The Hall–Kier alpha value is -2.29. The van der Waals surface area contributed by atoms with Crippen LogP contribution < -0.4 is 0 Å². The van der Waals surface area contributed by atoms with Crippen LogP contribution in [0.2, 0.25) is 0 Å². The molecule has 0 heterocycles. The molecule has 0 amide bonds. The number of hydrogen-bond acceptors (Lipinski definition) is 2. The van der Waals surface area contributed by atoms with Gasteiger partial charge in [0.15, 0.2) is 0 Å². The molecule has 0 aliphatic rings. The van der Waals surface area contributed by atoms with Crippen molar-refractivity contribution in [1.29, 1.82) is 0 Å². The van der Waals surface area contributed by atoms with E-state index in [2.05, 4.69) is 110 Å². The van der Waals surface area contributed by atoms with Crippen molar-refractivity contribution in [3.8, 4) is 0 Å². The first kappa shape index (κ1) is 17.5. The monoisotopic (exact) mass is 345 g/mol. The highest BCUT2D eigenvalue weighted by Crippen LogP contribution is 2.30. The second-order valence-corrected chi connectivity index (χ2v) is 7.33. The number of benzene rings is 3. The van der Waals surface area contributed by atoms with Crippen LogP contribution in [-0.4, -0.2) is 25.5 Å². The van der Waals surface area contributed by atoms with Crippen LogP contribution in [0.25, 0.3) is 5.57 Å². The molecular formula is C23H23NS. The van der Waals surface area contributed by atoms with Crippen LogP contribution in [0.3, 0.4) is 0 Å². The number of likely N-dealkylation sites (N-methyl/N-ethyl adjacent to an activating group) is 1. The molecule has 3 rings (SSSR count). The van der Waals surface area contributed by atoms with Crippen molar-refractivity contribution >= 4 is 17.3 Å². The summed E-state index contributed by atoms with van der Waals surface area (Å²) in [5.74, 6) is 0. The molecular weight excluding hydrogens is 322 g/mol. The van der Waals surface area contributed by atoms with E-state index in [1.54, 1.807) is 11.8 Å². The molecule has 0 fully saturated rings. The van der Waals surface area contributed by atoms with Crippen molar-refractivity contribution < 1.29 is 0 Å². The van der Waals surface area contributed by atoms with Gasteiger partial charge in [-0.3, -0.25) is 0 Å².